The van der Waals surface area contributed by atoms with Crippen LogP contribution in [0, 0.1) is 6.92 Å². The summed E-state index contributed by atoms with van der Waals surface area (Å²) in [6.45, 7) is 4.60. The van der Waals surface area contributed by atoms with Crippen molar-refractivity contribution in [2.75, 3.05) is 0 Å². The maximum Gasteiger partial charge on any atom is 0.293 e. The van der Waals surface area contributed by atoms with Crippen molar-refractivity contribution in [3.63, 3.8) is 0 Å². The Kier molecular flexibility index (Phi) is 3.98. The van der Waals surface area contributed by atoms with Crippen LogP contribution >= 0.6 is 11.6 Å². The van der Waals surface area contributed by atoms with Crippen molar-refractivity contribution in [3.05, 3.63) is 51.5 Å². The lowest BCUT2D eigenvalue weighted by atomic mass is 10.2. The molecule has 0 N–H and O–H groups in total. The molecule has 2 aromatic heterocycles. The Bertz CT molecular complexity index is 881. The van der Waals surface area contributed by atoms with Crippen LogP contribution in [0.3, 0.4) is 0 Å². The number of nitrogens with zero attached hydrogens (tertiary/aromatic N) is 4. The van der Waals surface area contributed by atoms with Crippen LogP contribution in [0.5, 0.6) is 0 Å². The van der Waals surface area contributed by atoms with Crippen LogP contribution in [-0.2, 0) is 6.54 Å². The van der Waals surface area contributed by atoms with E-state index in [2.05, 4.69) is 17.1 Å². The van der Waals surface area contributed by atoms with Crippen LogP contribution in [0.15, 0.2) is 35.3 Å². The van der Waals surface area contributed by atoms with Crippen LogP contribution in [0.4, 0.5) is 0 Å². The van der Waals surface area contributed by atoms with E-state index in [4.69, 9.17) is 11.6 Å². The summed E-state index contributed by atoms with van der Waals surface area (Å²) in [5, 5.41) is 10.1. The van der Waals surface area contributed by atoms with Crippen molar-refractivity contribution >= 4 is 22.5 Å². The summed E-state index contributed by atoms with van der Waals surface area (Å²) in [5.74, 6) is 0. The minimum absolute atomic E-state index is 0.119. The summed E-state index contributed by atoms with van der Waals surface area (Å²) in [6, 6.07) is 7.31. The lowest BCUT2D eigenvalue weighted by molar-refractivity contribution is 0.541. The third kappa shape index (κ3) is 2.52. The molecule has 0 aliphatic carbocycles. The molecule has 5 nitrogen and oxygen atoms in total. The van der Waals surface area contributed by atoms with E-state index in [-0.39, 0.29) is 5.56 Å². The molecule has 0 aliphatic heterocycles. The largest absolute Gasteiger partial charge is 0.293 e. The number of rotatable bonds is 4. The SMILES string of the molecule is CCCCn1nc(C)c2cnn(-c3cccc(Cl)c3)c2c1=O. The maximum absolute atomic E-state index is 12.7. The monoisotopic (exact) mass is 316 g/mol. The summed E-state index contributed by atoms with van der Waals surface area (Å²) in [7, 11) is 0. The lowest BCUT2D eigenvalue weighted by Gasteiger charge is -2.08. The zero-order valence-electron chi connectivity index (χ0n) is 12.6. The average Bonchev–Trinajstić information content (AvgIpc) is 2.95. The first kappa shape index (κ1) is 14.8. The van der Waals surface area contributed by atoms with Gasteiger partial charge in [0, 0.05) is 17.0 Å². The minimum atomic E-state index is -0.119. The van der Waals surface area contributed by atoms with Crippen LogP contribution in [0.2, 0.25) is 5.02 Å². The predicted octanol–water partition coefficient (Wildman–Crippen LogP) is 3.34. The molecule has 0 bridgehead atoms. The van der Waals surface area contributed by atoms with Gasteiger partial charge in [0.15, 0.2) is 0 Å². The second kappa shape index (κ2) is 5.93. The molecule has 3 aromatic rings. The molecule has 0 saturated heterocycles. The van der Waals surface area contributed by atoms with Gasteiger partial charge in [0.2, 0.25) is 0 Å². The highest BCUT2D eigenvalue weighted by molar-refractivity contribution is 6.30. The highest BCUT2D eigenvalue weighted by atomic mass is 35.5. The fraction of sp³-hybridized carbons (Fsp3) is 0.312. The molecule has 1 aromatic carbocycles. The fourth-order valence-electron chi connectivity index (χ4n) is 2.48. The summed E-state index contributed by atoms with van der Waals surface area (Å²) in [5.41, 5.74) is 2.00. The van der Waals surface area contributed by atoms with E-state index in [9.17, 15) is 4.79 Å². The molecule has 2 heterocycles. The van der Waals surface area contributed by atoms with Gasteiger partial charge in [-0.1, -0.05) is 31.0 Å². The molecule has 0 aliphatic rings. The van der Waals surface area contributed by atoms with Gasteiger partial charge in [0.25, 0.3) is 5.56 Å². The van der Waals surface area contributed by atoms with Crippen molar-refractivity contribution in [2.45, 2.75) is 33.2 Å². The first-order valence-electron chi connectivity index (χ1n) is 7.33. The highest BCUT2D eigenvalue weighted by Crippen LogP contribution is 2.19. The Morgan fingerprint density at radius 3 is 2.86 bits per heavy atom. The van der Waals surface area contributed by atoms with E-state index in [1.807, 2.05) is 19.1 Å². The number of fused-ring (bicyclic) bond motifs is 1. The average molecular weight is 317 g/mol. The van der Waals surface area contributed by atoms with Gasteiger partial charge in [-0.25, -0.2) is 9.36 Å². The first-order chi connectivity index (χ1) is 10.6. The number of halogens is 1. The Labute approximate surface area is 133 Å². The quantitative estimate of drug-likeness (QED) is 0.741. The number of hydrogen-bond acceptors (Lipinski definition) is 3. The molecule has 114 valence electrons. The first-order valence-corrected chi connectivity index (χ1v) is 7.71. The zero-order valence-corrected chi connectivity index (χ0v) is 13.3. The second-order valence-corrected chi connectivity index (χ2v) is 5.70. The van der Waals surface area contributed by atoms with Crippen LogP contribution < -0.4 is 5.56 Å². The molecule has 0 radical (unpaired) electrons. The van der Waals surface area contributed by atoms with Crippen molar-refractivity contribution in [2.24, 2.45) is 0 Å². The van der Waals surface area contributed by atoms with E-state index >= 15 is 0 Å². The Morgan fingerprint density at radius 2 is 2.14 bits per heavy atom. The second-order valence-electron chi connectivity index (χ2n) is 5.27. The van der Waals surface area contributed by atoms with E-state index in [0.29, 0.717) is 17.1 Å². The van der Waals surface area contributed by atoms with Crippen molar-refractivity contribution in [1.29, 1.82) is 0 Å². The van der Waals surface area contributed by atoms with Crippen LogP contribution in [0.1, 0.15) is 25.5 Å². The minimum Gasteiger partial charge on any atom is -0.265 e. The van der Waals surface area contributed by atoms with Gasteiger partial charge in [0.05, 0.1) is 17.6 Å². The topological polar surface area (TPSA) is 52.7 Å². The smallest absolute Gasteiger partial charge is 0.265 e. The molecule has 6 heteroatoms. The van der Waals surface area contributed by atoms with Gasteiger partial charge < -0.3 is 0 Å². The van der Waals surface area contributed by atoms with Crippen molar-refractivity contribution in [3.8, 4) is 5.69 Å². The van der Waals surface area contributed by atoms with Gasteiger partial charge in [0.1, 0.15) is 5.52 Å². The summed E-state index contributed by atoms with van der Waals surface area (Å²) >= 11 is 6.05. The highest BCUT2D eigenvalue weighted by Gasteiger charge is 2.14. The molecule has 0 amide bonds. The molecule has 0 atom stereocenters. The molecule has 0 fully saturated rings. The fourth-order valence-corrected chi connectivity index (χ4v) is 2.67. The van der Waals surface area contributed by atoms with Crippen molar-refractivity contribution < 1.29 is 0 Å². The van der Waals surface area contributed by atoms with Crippen LogP contribution in [-0.4, -0.2) is 19.6 Å². The number of benzene rings is 1. The van der Waals surface area contributed by atoms with Gasteiger partial charge in [-0.15, -0.1) is 0 Å². The van der Waals surface area contributed by atoms with Crippen LogP contribution in [0.25, 0.3) is 16.6 Å². The molecule has 0 spiro atoms. The molecule has 0 saturated carbocycles. The maximum atomic E-state index is 12.7. The van der Waals surface area contributed by atoms with E-state index < -0.39 is 0 Å². The molecule has 0 unspecified atom stereocenters. The van der Waals surface area contributed by atoms with E-state index in [0.717, 1.165) is 29.6 Å². The Morgan fingerprint density at radius 1 is 1.32 bits per heavy atom. The predicted molar refractivity (Wildman–Crippen MR) is 87.8 cm³/mol. The van der Waals surface area contributed by atoms with Gasteiger partial charge in [-0.05, 0) is 31.5 Å². The molecular formula is C16H17ClN4O. The van der Waals surface area contributed by atoms with Gasteiger partial charge in [-0.3, -0.25) is 4.79 Å². The summed E-state index contributed by atoms with van der Waals surface area (Å²) < 4.78 is 3.17. The van der Waals surface area contributed by atoms with E-state index in [1.54, 1.807) is 23.0 Å². The number of unbranched alkanes of at least 4 members (excludes halogenated alkanes) is 1. The summed E-state index contributed by atoms with van der Waals surface area (Å²) in [4.78, 5) is 12.7. The lowest BCUT2D eigenvalue weighted by Crippen LogP contribution is -2.25. The normalized spacial score (nSPS) is 11.2. The number of aromatic nitrogens is 4. The summed E-state index contributed by atoms with van der Waals surface area (Å²) in [6.07, 6.45) is 3.62. The van der Waals surface area contributed by atoms with E-state index in [1.165, 1.54) is 4.68 Å². The number of aryl methyl sites for hydroxylation is 2. The van der Waals surface area contributed by atoms with Crippen molar-refractivity contribution in [1.82, 2.24) is 19.6 Å². The standard InChI is InChI=1S/C16H17ClN4O/c1-3-4-8-20-16(22)15-14(11(2)19-20)10-18-21(15)13-7-5-6-12(17)9-13/h5-7,9-10H,3-4,8H2,1-2H3. The molecule has 3 rings (SSSR count). The number of hydrogen-bond donors (Lipinski definition) is 0. The Hall–Kier alpha value is -2.14. The zero-order chi connectivity index (χ0) is 15.7. The third-order valence-corrected chi connectivity index (χ3v) is 3.88. The third-order valence-electron chi connectivity index (χ3n) is 3.64. The molecular weight excluding hydrogens is 300 g/mol. The van der Waals surface area contributed by atoms with Gasteiger partial charge in [-0.2, -0.15) is 10.2 Å². The Balaban J connectivity index is 2.25. The molecule has 22 heavy (non-hydrogen) atoms. The van der Waals surface area contributed by atoms with Gasteiger partial charge >= 0.3 is 0 Å².